The molecule has 0 aromatic heterocycles. The van der Waals surface area contributed by atoms with E-state index in [1.807, 2.05) is 23.9 Å². The van der Waals surface area contributed by atoms with Crippen molar-refractivity contribution in [1.29, 1.82) is 0 Å². The van der Waals surface area contributed by atoms with Gasteiger partial charge in [0.05, 0.1) is 13.2 Å². The highest BCUT2D eigenvalue weighted by molar-refractivity contribution is 8.00. The number of fused-ring (bicyclic) bond motifs is 1. The highest BCUT2D eigenvalue weighted by Crippen LogP contribution is 2.42. The molecule has 0 bridgehead atoms. The number of hydrogen-bond acceptors (Lipinski definition) is 4. The molecular weight excluding hydrogens is 268 g/mol. The maximum absolute atomic E-state index is 5.80. The highest BCUT2D eigenvalue weighted by Gasteiger charge is 2.29. The minimum Gasteiger partial charge on any atom is -0.497 e. The molecule has 0 saturated heterocycles. The van der Waals surface area contributed by atoms with Gasteiger partial charge in [-0.25, -0.2) is 0 Å². The van der Waals surface area contributed by atoms with E-state index in [2.05, 4.69) is 41.8 Å². The number of hydrazine groups is 1. The molecule has 0 amide bonds. The highest BCUT2D eigenvalue weighted by atomic mass is 32.2. The van der Waals surface area contributed by atoms with Crippen molar-refractivity contribution in [2.24, 2.45) is 5.84 Å². The van der Waals surface area contributed by atoms with Crippen molar-refractivity contribution < 1.29 is 4.74 Å². The Balaban J connectivity index is 1.81. The van der Waals surface area contributed by atoms with Crippen LogP contribution in [-0.4, -0.2) is 12.4 Å². The topological polar surface area (TPSA) is 47.3 Å². The molecule has 0 aliphatic carbocycles. The zero-order valence-corrected chi connectivity index (χ0v) is 12.2. The van der Waals surface area contributed by atoms with Gasteiger partial charge >= 0.3 is 0 Å². The molecule has 2 aromatic rings. The average molecular weight is 286 g/mol. The van der Waals surface area contributed by atoms with E-state index in [-0.39, 0.29) is 6.04 Å². The molecule has 20 heavy (non-hydrogen) atoms. The second-order valence-corrected chi connectivity index (χ2v) is 6.17. The third-order valence-electron chi connectivity index (χ3n) is 3.70. The fourth-order valence-corrected chi connectivity index (χ4v) is 4.05. The standard InChI is InChI=1S/C16H18N2OS/c1-19-13-8-6-11(7-9-13)16(18-17)15-10-12-4-2-3-5-14(12)20-15/h2-9,15-16,18H,10,17H2,1H3. The molecule has 0 fully saturated rings. The quantitative estimate of drug-likeness (QED) is 0.670. The zero-order valence-electron chi connectivity index (χ0n) is 11.4. The third kappa shape index (κ3) is 2.54. The van der Waals surface area contributed by atoms with Gasteiger partial charge in [0, 0.05) is 10.1 Å². The van der Waals surface area contributed by atoms with Gasteiger partial charge in [-0.3, -0.25) is 11.3 Å². The van der Waals surface area contributed by atoms with Crippen LogP contribution in [0.15, 0.2) is 53.4 Å². The monoisotopic (exact) mass is 286 g/mol. The predicted octanol–water partition coefficient (Wildman–Crippen LogP) is 2.92. The summed E-state index contributed by atoms with van der Waals surface area (Å²) < 4.78 is 5.20. The lowest BCUT2D eigenvalue weighted by Crippen LogP contribution is -2.35. The second kappa shape index (κ2) is 5.87. The molecule has 1 aliphatic heterocycles. The molecule has 104 valence electrons. The summed E-state index contributed by atoms with van der Waals surface area (Å²) in [6, 6.07) is 16.8. The van der Waals surface area contributed by atoms with Crippen molar-refractivity contribution >= 4 is 11.8 Å². The summed E-state index contributed by atoms with van der Waals surface area (Å²) in [6.45, 7) is 0. The Bertz CT molecular complexity index is 560. The Hall–Kier alpha value is -1.49. The van der Waals surface area contributed by atoms with Crippen molar-refractivity contribution in [1.82, 2.24) is 5.43 Å². The Morgan fingerprint density at radius 2 is 1.95 bits per heavy atom. The SMILES string of the molecule is COc1ccc(C(NN)C2Cc3ccccc3S2)cc1. The summed E-state index contributed by atoms with van der Waals surface area (Å²) in [7, 11) is 1.68. The largest absolute Gasteiger partial charge is 0.497 e. The number of methoxy groups -OCH3 is 1. The average Bonchev–Trinajstić information content (AvgIpc) is 2.92. The van der Waals surface area contributed by atoms with Crippen LogP contribution in [0.1, 0.15) is 17.2 Å². The molecule has 2 aromatic carbocycles. The van der Waals surface area contributed by atoms with E-state index in [0.717, 1.165) is 12.2 Å². The van der Waals surface area contributed by atoms with Crippen LogP contribution in [0.5, 0.6) is 5.75 Å². The second-order valence-electron chi connectivity index (χ2n) is 4.89. The normalized spacial score (nSPS) is 18.6. The summed E-state index contributed by atoms with van der Waals surface area (Å²) in [5.41, 5.74) is 5.58. The van der Waals surface area contributed by atoms with Crippen LogP contribution in [0.2, 0.25) is 0 Å². The number of nitrogens with one attached hydrogen (secondary N) is 1. The number of rotatable bonds is 4. The molecule has 3 nitrogen and oxygen atoms in total. The van der Waals surface area contributed by atoms with Crippen LogP contribution in [0.3, 0.4) is 0 Å². The van der Waals surface area contributed by atoms with Crippen molar-refractivity contribution in [3.63, 3.8) is 0 Å². The smallest absolute Gasteiger partial charge is 0.118 e. The predicted molar refractivity (Wildman–Crippen MR) is 82.8 cm³/mol. The van der Waals surface area contributed by atoms with Gasteiger partial charge in [0.1, 0.15) is 5.75 Å². The first kappa shape index (κ1) is 13.5. The summed E-state index contributed by atoms with van der Waals surface area (Å²) in [5.74, 6) is 6.66. The van der Waals surface area contributed by atoms with E-state index in [4.69, 9.17) is 10.6 Å². The number of hydrogen-bond donors (Lipinski definition) is 2. The first-order chi connectivity index (χ1) is 9.81. The van der Waals surface area contributed by atoms with E-state index >= 15 is 0 Å². The number of thioether (sulfide) groups is 1. The summed E-state index contributed by atoms with van der Waals surface area (Å²) in [6.07, 6.45) is 1.04. The van der Waals surface area contributed by atoms with Gasteiger partial charge in [0.15, 0.2) is 0 Å². The van der Waals surface area contributed by atoms with Gasteiger partial charge in [-0.1, -0.05) is 30.3 Å². The van der Waals surface area contributed by atoms with Crippen molar-refractivity contribution in [2.45, 2.75) is 22.6 Å². The zero-order chi connectivity index (χ0) is 13.9. The van der Waals surface area contributed by atoms with Crippen LogP contribution in [0.4, 0.5) is 0 Å². The molecule has 0 spiro atoms. The summed E-state index contributed by atoms with van der Waals surface area (Å²) in [4.78, 5) is 1.37. The van der Waals surface area contributed by atoms with Gasteiger partial charge in [-0.2, -0.15) is 0 Å². The van der Waals surface area contributed by atoms with E-state index < -0.39 is 0 Å². The van der Waals surface area contributed by atoms with E-state index in [9.17, 15) is 0 Å². The minimum absolute atomic E-state index is 0.137. The fourth-order valence-electron chi connectivity index (χ4n) is 2.62. The Kier molecular flexibility index (Phi) is 3.96. The van der Waals surface area contributed by atoms with Gasteiger partial charge in [0.25, 0.3) is 0 Å². The molecule has 1 heterocycles. The molecule has 1 aliphatic rings. The van der Waals surface area contributed by atoms with Gasteiger partial charge in [-0.05, 0) is 35.7 Å². The number of nitrogens with two attached hydrogens (primary N) is 1. The van der Waals surface area contributed by atoms with Crippen LogP contribution >= 0.6 is 11.8 Å². The minimum atomic E-state index is 0.137. The molecule has 3 N–H and O–H groups in total. The fraction of sp³-hybridized carbons (Fsp3) is 0.250. The first-order valence-electron chi connectivity index (χ1n) is 6.66. The van der Waals surface area contributed by atoms with Crippen LogP contribution < -0.4 is 16.0 Å². The van der Waals surface area contributed by atoms with Crippen LogP contribution in [0, 0.1) is 0 Å². The molecule has 4 heteroatoms. The van der Waals surface area contributed by atoms with Crippen molar-refractivity contribution in [3.05, 3.63) is 59.7 Å². The first-order valence-corrected chi connectivity index (χ1v) is 7.54. The van der Waals surface area contributed by atoms with Gasteiger partial charge < -0.3 is 4.74 Å². The van der Waals surface area contributed by atoms with Gasteiger partial charge in [0.2, 0.25) is 0 Å². The van der Waals surface area contributed by atoms with E-state index in [0.29, 0.717) is 5.25 Å². The summed E-state index contributed by atoms with van der Waals surface area (Å²) >= 11 is 1.90. The lowest BCUT2D eigenvalue weighted by Gasteiger charge is -2.22. The maximum Gasteiger partial charge on any atom is 0.118 e. The molecule has 0 radical (unpaired) electrons. The van der Waals surface area contributed by atoms with Crippen LogP contribution in [-0.2, 0) is 6.42 Å². The van der Waals surface area contributed by atoms with E-state index in [1.54, 1.807) is 7.11 Å². The van der Waals surface area contributed by atoms with Crippen LogP contribution in [0.25, 0.3) is 0 Å². The Morgan fingerprint density at radius 3 is 2.60 bits per heavy atom. The maximum atomic E-state index is 5.80. The molecular formula is C16H18N2OS. The molecule has 0 saturated carbocycles. The lowest BCUT2D eigenvalue weighted by atomic mass is 9.99. The van der Waals surface area contributed by atoms with Gasteiger partial charge in [-0.15, -0.1) is 11.8 Å². The number of ether oxygens (including phenoxy) is 1. The van der Waals surface area contributed by atoms with E-state index in [1.165, 1.54) is 16.0 Å². The number of benzene rings is 2. The summed E-state index contributed by atoms with van der Waals surface area (Å²) in [5, 5.41) is 0.422. The Labute approximate surface area is 123 Å². The molecule has 2 unspecified atom stereocenters. The van der Waals surface area contributed by atoms with Crippen molar-refractivity contribution in [3.8, 4) is 5.75 Å². The molecule has 3 rings (SSSR count). The lowest BCUT2D eigenvalue weighted by molar-refractivity contribution is 0.414. The Morgan fingerprint density at radius 1 is 1.20 bits per heavy atom. The van der Waals surface area contributed by atoms with Crippen molar-refractivity contribution in [2.75, 3.05) is 7.11 Å². The molecule has 2 atom stereocenters. The third-order valence-corrected chi connectivity index (χ3v) is 5.09.